The Morgan fingerprint density at radius 1 is 1.26 bits per heavy atom. The topological polar surface area (TPSA) is 52.5 Å². The van der Waals surface area contributed by atoms with Crippen molar-refractivity contribution in [3.05, 3.63) is 41.3 Å². The van der Waals surface area contributed by atoms with Crippen molar-refractivity contribution in [2.75, 3.05) is 0 Å². The molecule has 0 amide bonds. The van der Waals surface area contributed by atoms with E-state index in [1.165, 1.54) is 11.1 Å². The van der Waals surface area contributed by atoms with Gasteiger partial charge in [0.05, 0.1) is 18.0 Å². The molecule has 0 saturated carbocycles. The van der Waals surface area contributed by atoms with E-state index in [-0.39, 0.29) is 11.8 Å². The standard InChI is InChI=1S/C16H19N3/c1-10(2)14(8-17)16-18-9-15(19-16)13-6-5-11(3)7-12(13)4/h5-7,9-10,14H,1-4H3,(H,18,19). The van der Waals surface area contributed by atoms with Crippen LogP contribution in [-0.2, 0) is 0 Å². The lowest BCUT2D eigenvalue weighted by atomic mass is 9.97. The summed E-state index contributed by atoms with van der Waals surface area (Å²) in [6.45, 7) is 8.24. The van der Waals surface area contributed by atoms with Crippen molar-refractivity contribution in [1.29, 1.82) is 5.26 Å². The largest absolute Gasteiger partial charge is 0.341 e. The van der Waals surface area contributed by atoms with Gasteiger partial charge in [-0.3, -0.25) is 0 Å². The summed E-state index contributed by atoms with van der Waals surface area (Å²) >= 11 is 0. The van der Waals surface area contributed by atoms with Crippen LogP contribution in [0.3, 0.4) is 0 Å². The molecule has 19 heavy (non-hydrogen) atoms. The van der Waals surface area contributed by atoms with Crippen molar-refractivity contribution in [2.24, 2.45) is 5.92 Å². The number of hydrogen-bond acceptors (Lipinski definition) is 2. The predicted octanol–water partition coefficient (Wildman–Crippen LogP) is 3.96. The van der Waals surface area contributed by atoms with E-state index in [4.69, 9.17) is 0 Å². The summed E-state index contributed by atoms with van der Waals surface area (Å²) in [5.74, 6) is 0.829. The smallest absolute Gasteiger partial charge is 0.124 e. The normalized spacial score (nSPS) is 12.4. The lowest BCUT2D eigenvalue weighted by Crippen LogP contribution is -2.05. The molecule has 0 aliphatic heterocycles. The maximum Gasteiger partial charge on any atom is 0.124 e. The number of rotatable bonds is 3. The number of nitrogens with zero attached hydrogens (tertiary/aromatic N) is 2. The highest BCUT2D eigenvalue weighted by Gasteiger charge is 2.18. The maximum atomic E-state index is 9.21. The van der Waals surface area contributed by atoms with Gasteiger partial charge in [-0.2, -0.15) is 5.26 Å². The first-order valence-electron chi connectivity index (χ1n) is 6.55. The number of imidazole rings is 1. The number of nitriles is 1. The molecule has 0 radical (unpaired) electrons. The van der Waals surface area contributed by atoms with Crippen LogP contribution in [-0.4, -0.2) is 9.97 Å². The highest BCUT2D eigenvalue weighted by molar-refractivity contribution is 5.63. The van der Waals surface area contributed by atoms with E-state index in [2.05, 4.69) is 48.1 Å². The summed E-state index contributed by atoms with van der Waals surface area (Å²) in [5.41, 5.74) is 4.59. The monoisotopic (exact) mass is 253 g/mol. The zero-order valence-corrected chi connectivity index (χ0v) is 11.9. The molecule has 0 spiro atoms. The number of aromatic amines is 1. The molecule has 1 aromatic heterocycles. The van der Waals surface area contributed by atoms with Gasteiger partial charge in [0.2, 0.25) is 0 Å². The lowest BCUT2D eigenvalue weighted by Gasteiger charge is -2.09. The van der Waals surface area contributed by atoms with Crippen LogP contribution < -0.4 is 0 Å². The van der Waals surface area contributed by atoms with Gasteiger partial charge in [0.25, 0.3) is 0 Å². The Morgan fingerprint density at radius 3 is 2.58 bits per heavy atom. The molecule has 0 fully saturated rings. The molecule has 2 aromatic rings. The van der Waals surface area contributed by atoms with Crippen molar-refractivity contribution in [2.45, 2.75) is 33.6 Å². The Kier molecular flexibility index (Phi) is 3.71. The number of nitrogens with one attached hydrogen (secondary N) is 1. The molecular formula is C16H19N3. The fourth-order valence-corrected chi connectivity index (χ4v) is 2.27. The Bertz CT molecular complexity index is 617. The summed E-state index contributed by atoms with van der Waals surface area (Å²) in [7, 11) is 0. The van der Waals surface area contributed by atoms with Crippen LogP contribution in [0, 0.1) is 31.1 Å². The van der Waals surface area contributed by atoms with E-state index >= 15 is 0 Å². The number of H-pyrrole nitrogens is 1. The summed E-state index contributed by atoms with van der Waals surface area (Å²) in [5, 5.41) is 9.21. The number of benzene rings is 1. The molecule has 0 aliphatic carbocycles. The second-order valence-corrected chi connectivity index (χ2v) is 5.35. The summed E-state index contributed by atoms with van der Waals surface area (Å²) < 4.78 is 0. The summed E-state index contributed by atoms with van der Waals surface area (Å²) in [6, 6.07) is 8.65. The molecule has 1 N–H and O–H groups in total. The average Bonchev–Trinajstić information content (AvgIpc) is 2.78. The maximum absolute atomic E-state index is 9.21. The third-order valence-corrected chi connectivity index (χ3v) is 3.37. The molecule has 3 heteroatoms. The van der Waals surface area contributed by atoms with E-state index in [9.17, 15) is 5.26 Å². The fraction of sp³-hybridized carbons (Fsp3) is 0.375. The van der Waals surface area contributed by atoms with Gasteiger partial charge in [-0.05, 0) is 25.3 Å². The molecule has 1 atom stereocenters. The molecule has 0 aliphatic rings. The van der Waals surface area contributed by atoms with Crippen molar-refractivity contribution >= 4 is 0 Å². The van der Waals surface area contributed by atoms with Gasteiger partial charge in [0.15, 0.2) is 0 Å². The van der Waals surface area contributed by atoms with Crippen molar-refractivity contribution in [3.8, 4) is 17.3 Å². The lowest BCUT2D eigenvalue weighted by molar-refractivity contribution is 0.566. The Balaban J connectivity index is 2.38. The van der Waals surface area contributed by atoms with E-state index in [0.717, 1.165) is 17.1 Å². The van der Waals surface area contributed by atoms with Crippen molar-refractivity contribution in [1.82, 2.24) is 9.97 Å². The van der Waals surface area contributed by atoms with Gasteiger partial charge in [0, 0.05) is 5.56 Å². The molecule has 1 aromatic carbocycles. The molecule has 2 rings (SSSR count). The third kappa shape index (κ3) is 2.68. The van der Waals surface area contributed by atoms with E-state index < -0.39 is 0 Å². The van der Waals surface area contributed by atoms with Crippen molar-refractivity contribution in [3.63, 3.8) is 0 Å². The van der Waals surface area contributed by atoms with Gasteiger partial charge in [-0.25, -0.2) is 4.98 Å². The molecule has 0 saturated heterocycles. The highest BCUT2D eigenvalue weighted by Crippen LogP contribution is 2.26. The molecule has 3 nitrogen and oxygen atoms in total. The van der Waals surface area contributed by atoms with E-state index in [0.29, 0.717) is 0 Å². The number of hydrogen-bond donors (Lipinski definition) is 1. The van der Waals surface area contributed by atoms with Crippen LogP contribution in [0.25, 0.3) is 11.3 Å². The van der Waals surface area contributed by atoms with Crippen LogP contribution in [0.2, 0.25) is 0 Å². The van der Waals surface area contributed by atoms with Crippen LogP contribution in [0.4, 0.5) is 0 Å². The average molecular weight is 253 g/mol. The Morgan fingerprint density at radius 2 is 2.00 bits per heavy atom. The first-order valence-corrected chi connectivity index (χ1v) is 6.55. The minimum absolute atomic E-state index is 0.181. The number of aryl methyl sites for hydroxylation is 2. The van der Waals surface area contributed by atoms with Gasteiger partial charge >= 0.3 is 0 Å². The van der Waals surface area contributed by atoms with Crippen molar-refractivity contribution < 1.29 is 0 Å². The molecule has 1 heterocycles. The van der Waals surface area contributed by atoms with Crippen LogP contribution >= 0.6 is 0 Å². The first-order chi connectivity index (χ1) is 9.02. The summed E-state index contributed by atoms with van der Waals surface area (Å²) in [4.78, 5) is 7.66. The molecule has 98 valence electrons. The number of aromatic nitrogens is 2. The summed E-state index contributed by atoms with van der Waals surface area (Å²) in [6.07, 6.45) is 1.82. The van der Waals surface area contributed by atoms with Crippen LogP contribution in [0.15, 0.2) is 24.4 Å². The third-order valence-electron chi connectivity index (χ3n) is 3.37. The van der Waals surface area contributed by atoms with Crippen LogP contribution in [0.1, 0.15) is 36.7 Å². The Labute approximate surface area is 114 Å². The molecular weight excluding hydrogens is 234 g/mol. The molecule has 0 bridgehead atoms. The first kappa shape index (κ1) is 13.4. The van der Waals surface area contributed by atoms with Gasteiger partial charge in [0.1, 0.15) is 11.7 Å². The predicted molar refractivity (Wildman–Crippen MR) is 76.7 cm³/mol. The second kappa shape index (κ2) is 5.27. The van der Waals surface area contributed by atoms with Crippen LogP contribution in [0.5, 0.6) is 0 Å². The molecule has 1 unspecified atom stereocenters. The van der Waals surface area contributed by atoms with Gasteiger partial charge in [-0.15, -0.1) is 0 Å². The minimum Gasteiger partial charge on any atom is -0.341 e. The zero-order chi connectivity index (χ0) is 14.0. The van der Waals surface area contributed by atoms with E-state index in [1.807, 2.05) is 20.0 Å². The minimum atomic E-state index is -0.181. The SMILES string of the molecule is Cc1ccc(-c2cnc(C(C#N)C(C)C)[nH]2)c(C)c1. The van der Waals surface area contributed by atoms with E-state index in [1.54, 1.807) is 0 Å². The second-order valence-electron chi connectivity index (χ2n) is 5.35. The fourth-order valence-electron chi connectivity index (χ4n) is 2.27. The van der Waals surface area contributed by atoms with Gasteiger partial charge < -0.3 is 4.98 Å². The Hall–Kier alpha value is -2.08. The zero-order valence-electron chi connectivity index (χ0n) is 11.9. The highest BCUT2D eigenvalue weighted by atomic mass is 14.9. The van der Waals surface area contributed by atoms with Gasteiger partial charge in [-0.1, -0.05) is 37.6 Å². The quantitative estimate of drug-likeness (QED) is 0.900.